The second-order valence-corrected chi connectivity index (χ2v) is 5.81. The smallest absolute Gasteiger partial charge is 0.398 e. The minimum atomic E-state index is -4.27. The SMILES string of the molecule is COC(=O)[C@H]1CCN1C(=O)c1cccc(SCC(F)(F)F)c1. The molecule has 4 nitrogen and oxygen atoms in total. The molecule has 1 aliphatic heterocycles. The molecule has 0 N–H and O–H groups in total. The number of rotatable bonds is 4. The number of carbonyl (C=O) groups is 2. The zero-order valence-electron chi connectivity index (χ0n) is 11.7. The van der Waals surface area contributed by atoms with Gasteiger partial charge in [0.25, 0.3) is 5.91 Å². The molecule has 0 spiro atoms. The van der Waals surface area contributed by atoms with Crippen LogP contribution in [0.1, 0.15) is 16.8 Å². The molecule has 8 heteroatoms. The lowest BCUT2D eigenvalue weighted by Crippen LogP contribution is -2.55. The molecule has 1 aromatic carbocycles. The fourth-order valence-corrected chi connectivity index (χ4v) is 2.78. The highest BCUT2D eigenvalue weighted by Gasteiger charge is 2.38. The molecule has 1 heterocycles. The molecule has 22 heavy (non-hydrogen) atoms. The van der Waals surface area contributed by atoms with Crippen molar-refractivity contribution in [1.82, 2.24) is 4.90 Å². The van der Waals surface area contributed by atoms with E-state index in [0.717, 1.165) is 0 Å². The van der Waals surface area contributed by atoms with Gasteiger partial charge in [-0.05, 0) is 24.6 Å². The number of esters is 1. The largest absolute Gasteiger partial charge is 0.467 e. The predicted molar refractivity (Wildman–Crippen MR) is 74.7 cm³/mol. The first-order valence-corrected chi connectivity index (χ1v) is 7.49. The second-order valence-electron chi connectivity index (χ2n) is 4.76. The molecular formula is C14H14F3NO3S. The molecule has 120 valence electrons. The van der Waals surface area contributed by atoms with E-state index in [1.54, 1.807) is 0 Å². The number of carbonyl (C=O) groups excluding carboxylic acids is 2. The Kier molecular flexibility index (Phi) is 5.00. The first-order chi connectivity index (χ1) is 10.3. The summed E-state index contributed by atoms with van der Waals surface area (Å²) in [5.41, 5.74) is 0.265. The van der Waals surface area contributed by atoms with Crippen LogP contribution in [0.15, 0.2) is 29.2 Å². The maximum atomic E-state index is 12.3. The molecule has 0 saturated carbocycles. The molecule has 1 saturated heterocycles. The van der Waals surface area contributed by atoms with Crippen LogP contribution in [0.2, 0.25) is 0 Å². The molecule has 0 aromatic heterocycles. The minimum absolute atomic E-state index is 0.265. The number of thioether (sulfide) groups is 1. The van der Waals surface area contributed by atoms with Gasteiger partial charge in [0.15, 0.2) is 0 Å². The van der Waals surface area contributed by atoms with E-state index in [4.69, 9.17) is 0 Å². The predicted octanol–water partition coefficient (Wildman–Crippen LogP) is 2.73. The second kappa shape index (κ2) is 6.60. The van der Waals surface area contributed by atoms with Crippen LogP contribution >= 0.6 is 11.8 Å². The summed E-state index contributed by atoms with van der Waals surface area (Å²) in [6.45, 7) is 0.429. The van der Waals surface area contributed by atoms with Crippen molar-refractivity contribution in [2.45, 2.75) is 23.5 Å². The van der Waals surface area contributed by atoms with E-state index in [1.807, 2.05) is 0 Å². The monoisotopic (exact) mass is 333 g/mol. The molecule has 1 fully saturated rings. The van der Waals surface area contributed by atoms with E-state index in [-0.39, 0.29) is 11.5 Å². The minimum Gasteiger partial charge on any atom is -0.467 e. The molecule has 2 rings (SSSR count). The number of hydrogen-bond donors (Lipinski definition) is 0. The highest BCUT2D eigenvalue weighted by molar-refractivity contribution is 7.99. The van der Waals surface area contributed by atoms with Gasteiger partial charge in [0, 0.05) is 17.0 Å². The summed E-state index contributed by atoms with van der Waals surface area (Å²) in [4.78, 5) is 25.5. The van der Waals surface area contributed by atoms with Gasteiger partial charge in [-0.1, -0.05) is 6.07 Å². The lowest BCUT2D eigenvalue weighted by Gasteiger charge is -2.38. The van der Waals surface area contributed by atoms with E-state index in [2.05, 4.69) is 4.74 Å². The van der Waals surface area contributed by atoms with E-state index in [9.17, 15) is 22.8 Å². The van der Waals surface area contributed by atoms with Gasteiger partial charge in [-0.15, -0.1) is 11.8 Å². The number of amides is 1. The fourth-order valence-electron chi connectivity index (χ4n) is 2.06. The Morgan fingerprint density at radius 3 is 2.68 bits per heavy atom. The lowest BCUT2D eigenvalue weighted by atomic mass is 10.0. The normalized spacial score (nSPS) is 17.8. The topological polar surface area (TPSA) is 46.6 Å². The van der Waals surface area contributed by atoms with Crippen molar-refractivity contribution in [2.24, 2.45) is 0 Å². The van der Waals surface area contributed by atoms with Crippen molar-refractivity contribution in [2.75, 3.05) is 19.4 Å². The van der Waals surface area contributed by atoms with Crippen LogP contribution in [0.5, 0.6) is 0 Å². The van der Waals surface area contributed by atoms with Gasteiger partial charge in [0.1, 0.15) is 6.04 Å². The lowest BCUT2D eigenvalue weighted by molar-refractivity contribution is -0.149. The number of nitrogens with zero attached hydrogens (tertiary/aromatic N) is 1. The van der Waals surface area contributed by atoms with Gasteiger partial charge in [-0.25, -0.2) is 4.79 Å². The van der Waals surface area contributed by atoms with Crippen LogP contribution in [0.4, 0.5) is 13.2 Å². The van der Waals surface area contributed by atoms with Crippen molar-refractivity contribution < 1.29 is 27.5 Å². The van der Waals surface area contributed by atoms with Crippen LogP contribution in [-0.4, -0.2) is 48.4 Å². The van der Waals surface area contributed by atoms with Crippen LogP contribution in [-0.2, 0) is 9.53 Å². The molecule has 1 aromatic rings. The van der Waals surface area contributed by atoms with Crippen LogP contribution in [0, 0.1) is 0 Å². The summed E-state index contributed by atoms with van der Waals surface area (Å²) in [5.74, 6) is -1.88. The number of methoxy groups -OCH3 is 1. The van der Waals surface area contributed by atoms with Gasteiger partial charge >= 0.3 is 12.1 Å². The Morgan fingerprint density at radius 1 is 1.41 bits per heavy atom. The van der Waals surface area contributed by atoms with Crippen molar-refractivity contribution in [3.05, 3.63) is 29.8 Å². The number of halogens is 3. The summed E-state index contributed by atoms with van der Waals surface area (Å²) in [7, 11) is 1.25. The first kappa shape index (κ1) is 16.7. The Balaban J connectivity index is 2.06. The Hall–Kier alpha value is -1.70. The molecule has 0 aliphatic carbocycles. The Bertz CT molecular complexity index is 577. The van der Waals surface area contributed by atoms with Gasteiger partial charge in [0.2, 0.25) is 0 Å². The molecule has 1 aliphatic rings. The van der Waals surface area contributed by atoms with E-state index in [1.165, 1.54) is 36.3 Å². The van der Waals surface area contributed by atoms with Gasteiger partial charge < -0.3 is 9.64 Å². The number of benzene rings is 1. The fraction of sp³-hybridized carbons (Fsp3) is 0.429. The van der Waals surface area contributed by atoms with Crippen molar-refractivity contribution >= 4 is 23.6 Å². The molecule has 0 radical (unpaired) electrons. The highest BCUT2D eigenvalue weighted by atomic mass is 32.2. The maximum Gasteiger partial charge on any atom is 0.398 e. The van der Waals surface area contributed by atoms with Gasteiger partial charge in [0.05, 0.1) is 12.9 Å². The summed E-state index contributed by atoms with van der Waals surface area (Å²) in [6, 6.07) is 5.36. The zero-order chi connectivity index (χ0) is 16.3. The van der Waals surface area contributed by atoms with Crippen molar-refractivity contribution in [3.63, 3.8) is 0 Å². The number of ether oxygens (including phenoxy) is 1. The third-order valence-electron chi connectivity index (χ3n) is 3.24. The maximum absolute atomic E-state index is 12.3. The van der Waals surface area contributed by atoms with Crippen molar-refractivity contribution in [3.8, 4) is 0 Å². The molecule has 0 unspecified atom stereocenters. The van der Waals surface area contributed by atoms with Crippen LogP contribution in [0.25, 0.3) is 0 Å². The summed E-state index contributed by atoms with van der Waals surface area (Å²) in [5, 5.41) is 0. The number of alkyl halides is 3. The van der Waals surface area contributed by atoms with E-state index >= 15 is 0 Å². The standard InChI is InChI=1S/C14H14F3NO3S/c1-21-13(20)11-5-6-18(11)12(19)9-3-2-4-10(7-9)22-8-14(15,16)17/h2-4,7,11H,5-6,8H2,1H3/t11-/m1/s1. The van der Waals surface area contributed by atoms with Crippen LogP contribution < -0.4 is 0 Å². The number of hydrogen-bond acceptors (Lipinski definition) is 4. The first-order valence-electron chi connectivity index (χ1n) is 6.50. The molecule has 0 bridgehead atoms. The molecule has 1 atom stereocenters. The third kappa shape index (κ3) is 3.94. The average molecular weight is 333 g/mol. The third-order valence-corrected chi connectivity index (χ3v) is 4.30. The van der Waals surface area contributed by atoms with E-state index in [0.29, 0.717) is 29.6 Å². The Labute approximate surface area is 129 Å². The quantitative estimate of drug-likeness (QED) is 0.628. The van der Waals surface area contributed by atoms with Crippen molar-refractivity contribution in [1.29, 1.82) is 0 Å². The Morgan fingerprint density at radius 2 is 2.14 bits per heavy atom. The molecule has 1 amide bonds. The summed E-state index contributed by atoms with van der Waals surface area (Å²) in [6.07, 6.45) is -3.74. The highest BCUT2D eigenvalue weighted by Crippen LogP contribution is 2.29. The zero-order valence-corrected chi connectivity index (χ0v) is 12.5. The summed E-state index contributed by atoms with van der Waals surface area (Å²) >= 11 is 0.621. The molecular weight excluding hydrogens is 319 g/mol. The van der Waals surface area contributed by atoms with Gasteiger partial charge in [-0.3, -0.25) is 4.79 Å². The summed E-state index contributed by atoms with van der Waals surface area (Å²) < 4.78 is 41.3. The van der Waals surface area contributed by atoms with Gasteiger partial charge in [-0.2, -0.15) is 13.2 Å². The number of likely N-dealkylation sites (tertiary alicyclic amines) is 1. The van der Waals surface area contributed by atoms with E-state index < -0.39 is 23.9 Å². The average Bonchev–Trinajstić information content (AvgIpc) is 2.43. The van der Waals surface area contributed by atoms with Crippen LogP contribution in [0.3, 0.4) is 0 Å².